The van der Waals surface area contributed by atoms with Gasteiger partial charge in [0.05, 0.1) is 0 Å². The van der Waals surface area contributed by atoms with Gasteiger partial charge in [-0.2, -0.15) is 4.98 Å². The zero-order valence-corrected chi connectivity index (χ0v) is 15.5. The van der Waals surface area contributed by atoms with E-state index in [0.717, 1.165) is 24.9 Å². The second-order valence-electron chi connectivity index (χ2n) is 6.87. The number of benzene rings is 1. The monoisotopic (exact) mass is 371 g/mol. The number of hydrogen-bond donors (Lipinski definition) is 0. The van der Waals surface area contributed by atoms with Gasteiger partial charge in [0, 0.05) is 32.4 Å². The Morgan fingerprint density at radius 1 is 1.11 bits per heavy atom. The second-order valence-corrected chi connectivity index (χ2v) is 6.87. The molecule has 7 nitrogen and oxygen atoms in total. The van der Waals surface area contributed by atoms with Gasteiger partial charge in [0.1, 0.15) is 5.82 Å². The summed E-state index contributed by atoms with van der Waals surface area (Å²) in [6.45, 7) is 3.73. The number of imidazole rings is 1. The lowest BCUT2D eigenvalue weighted by Crippen LogP contribution is -2.39. The number of aromatic nitrogens is 4. The summed E-state index contributed by atoms with van der Waals surface area (Å²) in [5.41, 5.74) is 1.02. The van der Waals surface area contributed by atoms with Crippen molar-refractivity contribution in [3.63, 3.8) is 0 Å². The van der Waals surface area contributed by atoms with Gasteiger partial charge < -0.3 is 9.47 Å². The predicted octanol–water partition coefficient (Wildman–Crippen LogP) is 2.38. The Bertz CT molecular complexity index is 1110. The number of hydrogen-bond acceptors (Lipinski definition) is 4. The molecule has 1 aliphatic rings. The standard InChI is InChI=1S/C19H22FN5O2/c1-3-4-5-10-25-17(26)15-16(22(2)19(25)27)21-18-23(11-12-24(15)18)14-8-6-13(20)7-9-14/h6-9H,3-5,10-12H2,1-2H3. The first-order valence-corrected chi connectivity index (χ1v) is 9.26. The maximum atomic E-state index is 13.2. The quantitative estimate of drug-likeness (QED) is 0.646. The fraction of sp³-hybridized carbons (Fsp3) is 0.421. The van der Waals surface area contributed by atoms with Gasteiger partial charge in [-0.25, -0.2) is 9.18 Å². The molecular formula is C19H22FN5O2. The molecule has 0 unspecified atom stereocenters. The Balaban J connectivity index is 1.85. The van der Waals surface area contributed by atoms with E-state index in [1.165, 1.54) is 21.3 Å². The lowest BCUT2D eigenvalue weighted by molar-refractivity contribution is 0.549. The van der Waals surface area contributed by atoms with Gasteiger partial charge in [-0.15, -0.1) is 0 Å². The van der Waals surface area contributed by atoms with E-state index in [2.05, 4.69) is 11.9 Å². The van der Waals surface area contributed by atoms with E-state index >= 15 is 0 Å². The van der Waals surface area contributed by atoms with E-state index in [9.17, 15) is 14.0 Å². The van der Waals surface area contributed by atoms with Gasteiger partial charge in [0.15, 0.2) is 11.2 Å². The molecule has 3 aromatic rings. The number of fused-ring (bicyclic) bond motifs is 3. The van der Waals surface area contributed by atoms with Crippen molar-refractivity contribution in [1.82, 2.24) is 18.7 Å². The molecule has 1 aromatic carbocycles. The highest BCUT2D eigenvalue weighted by molar-refractivity contribution is 5.77. The summed E-state index contributed by atoms with van der Waals surface area (Å²) in [6, 6.07) is 6.17. The highest BCUT2D eigenvalue weighted by Crippen LogP contribution is 2.31. The first kappa shape index (κ1) is 17.5. The van der Waals surface area contributed by atoms with Gasteiger partial charge in [-0.1, -0.05) is 19.8 Å². The summed E-state index contributed by atoms with van der Waals surface area (Å²) >= 11 is 0. The highest BCUT2D eigenvalue weighted by Gasteiger charge is 2.28. The molecule has 0 aliphatic carbocycles. The molecule has 1 aliphatic heterocycles. The van der Waals surface area contributed by atoms with Crippen molar-refractivity contribution in [2.24, 2.45) is 7.05 Å². The third-order valence-electron chi connectivity index (χ3n) is 5.12. The molecule has 0 fully saturated rings. The van der Waals surface area contributed by atoms with Crippen molar-refractivity contribution in [3.05, 3.63) is 50.9 Å². The zero-order chi connectivity index (χ0) is 19.1. The van der Waals surface area contributed by atoms with E-state index in [1.807, 2.05) is 9.47 Å². The molecule has 27 heavy (non-hydrogen) atoms. The Hall–Kier alpha value is -2.90. The third-order valence-corrected chi connectivity index (χ3v) is 5.12. The van der Waals surface area contributed by atoms with Crippen LogP contribution in [0.1, 0.15) is 26.2 Å². The Morgan fingerprint density at radius 3 is 2.56 bits per heavy atom. The first-order valence-electron chi connectivity index (χ1n) is 9.26. The van der Waals surface area contributed by atoms with Gasteiger partial charge in [0.2, 0.25) is 5.95 Å². The molecule has 8 heteroatoms. The third kappa shape index (κ3) is 2.75. The number of nitrogens with zero attached hydrogens (tertiary/aromatic N) is 5. The number of anilines is 2. The van der Waals surface area contributed by atoms with Crippen LogP contribution < -0.4 is 16.1 Å². The predicted molar refractivity (Wildman–Crippen MR) is 102 cm³/mol. The average molecular weight is 371 g/mol. The fourth-order valence-electron chi connectivity index (χ4n) is 3.66. The SMILES string of the molecule is CCCCCn1c(=O)c2c(nc3n2CCN3c2ccc(F)cc2)n(C)c1=O. The van der Waals surface area contributed by atoms with Crippen LogP contribution in [-0.2, 0) is 20.1 Å². The smallest absolute Gasteiger partial charge is 0.310 e. The summed E-state index contributed by atoms with van der Waals surface area (Å²) in [5.74, 6) is 0.304. The summed E-state index contributed by atoms with van der Waals surface area (Å²) in [6.07, 6.45) is 2.78. The number of unbranched alkanes of at least 4 members (excludes halogenated alkanes) is 2. The normalized spacial score (nSPS) is 13.5. The van der Waals surface area contributed by atoms with Crippen molar-refractivity contribution in [2.45, 2.75) is 39.3 Å². The van der Waals surface area contributed by atoms with Gasteiger partial charge in [-0.3, -0.25) is 13.9 Å². The minimum absolute atomic E-state index is 0.288. The average Bonchev–Trinajstić information content (AvgIpc) is 3.23. The minimum atomic E-state index is -0.339. The molecular weight excluding hydrogens is 349 g/mol. The van der Waals surface area contributed by atoms with Crippen molar-refractivity contribution in [3.8, 4) is 0 Å². The highest BCUT2D eigenvalue weighted by atomic mass is 19.1. The van der Waals surface area contributed by atoms with Crippen LogP contribution in [0.15, 0.2) is 33.9 Å². The van der Waals surface area contributed by atoms with Gasteiger partial charge in [-0.05, 0) is 30.7 Å². The fourth-order valence-corrected chi connectivity index (χ4v) is 3.66. The van der Waals surface area contributed by atoms with Crippen LogP contribution in [0.2, 0.25) is 0 Å². The van der Waals surface area contributed by atoms with E-state index in [4.69, 9.17) is 0 Å². The van der Waals surface area contributed by atoms with Crippen LogP contribution >= 0.6 is 0 Å². The number of halogens is 1. The molecule has 0 saturated heterocycles. The molecule has 0 spiro atoms. The Labute approximate surface area is 155 Å². The van der Waals surface area contributed by atoms with Crippen molar-refractivity contribution < 1.29 is 4.39 Å². The summed E-state index contributed by atoms with van der Waals surface area (Å²) in [4.78, 5) is 32.2. The van der Waals surface area contributed by atoms with Crippen LogP contribution in [0.4, 0.5) is 16.0 Å². The van der Waals surface area contributed by atoms with Crippen LogP contribution in [0.5, 0.6) is 0 Å². The Morgan fingerprint density at radius 2 is 1.85 bits per heavy atom. The van der Waals surface area contributed by atoms with E-state index in [1.54, 1.807) is 19.2 Å². The molecule has 0 bridgehead atoms. The molecule has 0 amide bonds. The maximum Gasteiger partial charge on any atom is 0.332 e. The van der Waals surface area contributed by atoms with Crippen LogP contribution in [-0.4, -0.2) is 25.2 Å². The second kappa shape index (κ2) is 6.68. The molecule has 0 atom stereocenters. The topological polar surface area (TPSA) is 65.1 Å². The maximum absolute atomic E-state index is 13.2. The molecule has 0 N–H and O–H groups in total. The van der Waals surface area contributed by atoms with E-state index in [-0.39, 0.29) is 17.1 Å². The largest absolute Gasteiger partial charge is 0.332 e. The Kier molecular flexibility index (Phi) is 4.33. The molecule has 2 aromatic heterocycles. The van der Waals surface area contributed by atoms with Crippen molar-refractivity contribution in [1.29, 1.82) is 0 Å². The van der Waals surface area contributed by atoms with Crippen molar-refractivity contribution in [2.75, 3.05) is 11.4 Å². The minimum Gasteiger partial charge on any atom is -0.310 e. The molecule has 3 heterocycles. The lowest BCUT2D eigenvalue weighted by atomic mass is 10.2. The van der Waals surface area contributed by atoms with Crippen molar-refractivity contribution >= 4 is 22.8 Å². The summed E-state index contributed by atoms with van der Waals surface area (Å²) in [5, 5.41) is 0. The summed E-state index contributed by atoms with van der Waals surface area (Å²) < 4.78 is 17.8. The van der Waals surface area contributed by atoms with Crippen LogP contribution in [0.3, 0.4) is 0 Å². The van der Waals surface area contributed by atoms with Gasteiger partial charge in [0.25, 0.3) is 5.56 Å². The zero-order valence-electron chi connectivity index (χ0n) is 15.5. The number of aryl methyl sites for hydroxylation is 1. The van der Waals surface area contributed by atoms with Crippen LogP contribution in [0, 0.1) is 5.82 Å². The van der Waals surface area contributed by atoms with E-state index in [0.29, 0.717) is 36.7 Å². The summed E-state index contributed by atoms with van der Waals surface area (Å²) in [7, 11) is 1.64. The van der Waals surface area contributed by atoms with E-state index < -0.39 is 0 Å². The molecule has 4 rings (SSSR count). The molecule has 0 radical (unpaired) electrons. The lowest BCUT2D eigenvalue weighted by Gasteiger charge is -2.15. The molecule has 142 valence electrons. The first-order chi connectivity index (χ1) is 13.0. The number of rotatable bonds is 5. The molecule has 0 saturated carbocycles. The van der Waals surface area contributed by atoms with Crippen LogP contribution in [0.25, 0.3) is 11.2 Å². The van der Waals surface area contributed by atoms with Gasteiger partial charge >= 0.3 is 5.69 Å².